The third-order valence-electron chi connectivity index (χ3n) is 3.28. The molecule has 0 saturated carbocycles. The highest BCUT2D eigenvalue weighted by atomic mass is 35.5. The normalized spacial score (nSPS) is 10.1. The van der Waals surface area contributed by atoms with Gasteiger partial charge in [-0.15, -0.1) is 0 Å². The molecule has 0 bridgehead atoms. The van der Waals surface area contributed by atoms with Crippen molar-refractivity contribution in [1.82, 2.24) is 5.32 Å². The topological polar surface area (TPSA) is 76.4 Å². The maximum atomic E-state index is 10.8. The van der Waals surface area contributed by atoms with Crippen LogP contribution in [0.5, 0.6) is 5.75 Å². The molecule has 0 amide bonds. The van der Waals surface area contributed by atoms with Gasteiger partial charge in [-0.3, -0.25) is 10.1 Å². The van der Waals surface area contributed by atoms with Crippen molar-refractivity contribution in [3.63, 3.8) is 0 Å². The van der Waals surface area contributed by atoms with Gasteiger partial charge >= 0.3 is 0 Å². The number of thiocarbonyl (C=S) groups is 1. The van der Waals surface area contributed by atoms with E-state index in [1.807, 2.05) is 30.3 Å². The van der Waals surface area contributed by atoms with E-state index in [4.69, 9.17) is 28.6 Å². The fourth-order valence-corrected chi connectivity index (χ4v) is 2.40. The van der Waals surface area contributed by atoms with E-state index in [1.165, 1.54) is 18.2 Å². The highest BCUT2D eigenvalue weighted by molar-refractivity contribution is 7.80. The highest BCUT2D eigenvalue weighted by Gasteiger charge is 2.10. The fourth-order valence-electron chi connectivity index (χ4n) is 2.02. The first-order chi connectivity index (χ1) is 12.1. The molecule has 0 aliphatic carbocycles. The molecule has 0 atom stereocenters. The largest absolute Gasteiger partial charge is 0.494 e. The van der Waals surface area contributed by atoms with E-state index in [-0.39, 0.29) is 5.69 Å². The van der Waals surface area contributed by atoms with Crippen molar-refractivity contribution in [2.45, 2.75) is 12.8 Å². The van der Waals surface area contributed by atoms with Gasteiger partial charge in [0.1, 0.15) is 5.75 Å². The van der Waals surface area contributed by atoms with Gasteiger partial charge < -0.3 is 15.4 Å². The summed E-state index contributed by atoms with van der Waals surface area (Å²) in [5.74, 6) is 0.855. The van der Waals surface area contributed by atoms with Gasteiger partial charge in [0, 0.05) is 18.7 Å². The van der Waals surface area contributed by atoms with Gasteiger partial charge in [-0.05, 0) is 43.3 Å². The van der Waals surface area contributed by atoms with E-state index in [0.717, 1.165) is 18.6 Å². The van der Waals surface area contributed by atoms with Crippen LogP contribution in [0.3, 0.4) is 0 Å². The number of hydrogen-bond donors (Lipinski definition) is 2. The molecule has 0 radical (unpaired) electrons. The van der Waals surface area contributed by atoms with Crippen molar-refractivity contribution in [3.05, 3.63) is 63.7 Å². The molecule has 2 rings (SSSR count). The Labute approximate surface area is 156 Å². The minimum Gasteiger partial charge on any atom is -0.494 e. The Bertz CT molecular complexity index is 728. The van der Waals surface area contributed by atoms with E-state index in [2.05, 4.69) is 10.6 Å². The second-order valence-electron chi connectivity index (χ2n) is 5.17. The molecule has 2 N–H and O–H groups in total. The van der Waals surface area contributed by atoms with Crippen molar-refractivity contribution in [2.75, 3.05) is 18.5 Å². The minimum atomic E-state index is -0.481. The van der Waals surface area contributed by atoms with Crippen LogP contribution < -0.4 is 15.4 Å². The molecule has 132 valence electrons. The summed E-state index contributed by atoms with van der Waals surface area (Å²) in [7, 11) is 0. The number of rotatable bonds is 8. The molecule has 6 nitrogen and oxygen atoms in total. The Hall–Kier alpha value is -2.38. The van der Waals surface area contributed by atoms with Crippen molar-refractivity contribution in [2.24, 2.45) is 0 Å². The van der Waals surface area contributed by atoms with Crippen LogP contribution in [-0.2, 0) is 0 Å². The number of nitro benzene ring substituents is 1. The van der Waals surface area contributed by atoms with Crippen molar-refractivity contribution >= 4 is 40.3 Å². The van der Waals surface area contributed by atoms with Crippen LogP contribution in [0.15, 0.2) is 48.5 Å². The van der Waals surface area contributed by atoms with Crippen LogP contribution >= 0.6 is 23.8 Å². The zero-order valence-corrected chi connectivity index (χ0v) is 15.0. The van der Waals surface area contributed by atoms with Gasteiger partial charge in [-0.25, -0.2) is 0 Å². The summed E-state index contributed by atoms with van der Waals surface area (Å²) in [6.07, 6.45) is 1.75. The number of nitrogens with zero attached hydrogens (tertiary/aromatic N) is 1. The van der Waals surface area contributed by atoms with Gasteiger partial charge in [0.05, 0.1) is 22.2 Å². The summed E-state index contributed by atoms with van der Waals surface area (Å²) < 4.78 is 5.60. The van der Waals surface area contributed by atoms with E-state index < -0.39 is 4.92 Å². The Morgan fingerprint density at radius 2 is 1.96 bits per heavy atom. The Morgan fingerprint density at radius 3 is 2.68 bits per heavy atom. The zero-order chi connectivity index (χ0) is 18.1. The predicted octanol–water partition coefficient (Wildman–Crippen LogP) is 4.39. The molecule has 0 aliphatic rings. The smallest absolute Gasteiger partial charge is 0.271 e. The van der Waals surface area contributed by atoms with Gasteiger partial charge in [-0.1, -0.05) is 29.8 Å². The third-order valence-corrected chi connectivity index (χ3v) is 3.85. The minimum absolute atomic E-state index is 0.0484. The molecule has 2 aromatic rings. The first-order valence-electron chi connectivity index (χ1n) is 7.73. The average Bonchev–Trinajstić information content (AvgIpc) is 2.60. The van der Waals surface area contributed by atoms with Gasteiger partial charge in [-0.2, -0.15) is 0 Å². The number of ether oxygens (including phenoxy) is 1. The molecule has 0 aliphatic heterocycles. The lowest BCUT2D eigenvalue weighted by Gasteiger charge is -2.12. The van der Waals surface area contributed by atoms with Crippen LogP contribution in [-0.4, -0.2) is 23.2 Å². The number of halogens is 1. The number of nitro groups is 1. The lowest BCUT2D eigenvalue weighted by atomic mass is 10.3. The Balaban J connectivity index is 1.67. The Kier molecular flexibility index (Phi) is 7.43. The monoisotopic (exact) mass is 379 g/mol. The van der Waals surface area contributed by atoms with Gasteiger partial charge in [0.15, 0.2) is 5.11 Å². The quantitative estimate of drug-likeness (QED) is 0.306. The SMILES string of the molecule is O=[N+]([O-])c1ccc(Cl)c(NC(=S)NCCCCOc2ccccc2)c1. The third kappa shape index (κ3) is 6.56. The molecule has 8 heteroatoms. The maximum Gasteiger partial charge on any atom is 0.271 e. The molecule has 0 spiro atoms. The number of benzene rings is 2. The molecular weight excluding hydrogens is 362 g/mol. The van der Waals surface area contributed by atoms with E-state index in [9.17, 15) is 10.1 Å². The molecule has 0 fully saturated rings. The highest BCUT2D eigenvalue weighted by Crippen LogP contribution is 2.26. The predicted molar refractivity (Wildman–Crippen MR) is 104 cm³/mol. The van der Waals surface area contributed by atoms with Crippen LogP contribution in [0.1, 0.15) is 12.8 Å². The molecule has 0 heterocycles. The van der Waals surface area contributed by atoms with Crippen molar-refractivity contribution in [3.8, 4) is 5.75 Å². The number of anilines is 1. The Morgan fingerprint density at radius 1 is 1.20 bits per heavy atom. The molecule has 2 aromatic carbocycles. The van der Waals surface area contributed by atoms with Crippen LogP contribution in [0, 0.1) is 10.1 Å². The number of nitrogens with one attached hydrogen (secondary N) is 2. The number of unbranched alkanes of at least 4 members (excludes halogenated alkanes) is 1. The summed E-state index contributed by atoms with van der Waals surface area (Å²) in [5, 5.41) is 17.5. The second-order valence-corrected chi connectivity index (χ2v) is 5.99. The van der Waals surface area contributed by atoms with E-state index >= 15 is 0 Å². The maximum absolute atomic E-state index is 10.8. The van der Waals surface area contributed by atoms with Crippen molar-refractivity contribution in [1.29, 1.82) is 0 Å². The number of para-hydroxylation sites is 1. The van der Waals surface area contributed by atoms with E-state index in [1.54, 1.807) is 0 Å². The molecule has 0 unspecified atom stereocenters. The summed E-state index contributed by atoms with van der Waals surface area (Å²) >= 11 is 11.2. The average molecular weight is 380 g/mol. The second kappa shape index (κ2) is 9.80. The van der Waals surface area contributed by atoms with Crippen LogP contribution in [0.2, 0.25) is 5.02 Å². The molecular formula is C17H18ClN3O3S. The lowest BCUT2D eigenvalue weighted by Crippen LogP contribution is -2.29. The summed E-state index contributed by atoms with van der Waals surface area (Å²) in [5.41, 5.74) is 0.355. The zero-order valence-electron chi connectivity index (χ0n) is 13.4. The first-order valence-corrected chi connectivity index (χ1v) is 8.51. The number of non-ortho nitro benzene ring substituents is 1. The van der Waals surface area contributed by atoms with Crippen molar-refractivity contribution < 1.29 is 9.66 Å². The van der Waals surface area contributed by atoms with Crippen LogP contribution in [0.25, 0.3) is 0 Å². The molecule has 0 aromatic heterocycles. The van der Waals surface area contributed by atoms with E-state index in [0.29, 0.717) is 29.0 Å². The summed E-state index contributed by atoms with van der Waals surface area (Å²) in [4.78, 5) is 10.3. The fraction of sp³-hybridized carbons (Fsp3) is 0.235. The lowest BCUT2D eigenvalue weighted by molar-refractivity contribution is -0.384. The summed E-state index contributed by atoms with van der Waals surface area (Å²) in [6, 6.07) is 13.8. The number of hydrogen-bond acceptors (Lipinski definition) is 4. The molecule has 0 saturated heterocycles. The standard InChI is InChI=1S/C17H18ClN3O3S/c18-15-9-8-13(21(22)23)12-16(15)20-17(25)19-10-4-5-11-24-14-6-2-1-3-7-14/h1-3,6-9,12H,4-5,10-11H2,(H2,19,20,25). The summed E-state index contributed by atoms with van der Waals surface area (Å²) in [6.45, 7) is 1.29. The molecule has 25 heavy (non-hydrogen) atoms. The van der Waals surface area contributed by atoms with Crippen LogP contribution in [0.4, 0.5) is 11.4 Å². The van der Waals surface area contributed by atoms with Gasteiger partial charge in [0.25, 0.3) is 5.69 Å². The van der Waals surface area contributed by atoms with Gasteiger partial charge in [0.2, 0.25) is 0 Å². The first kappa shape index (κ1) is 19.0.